The molecule has 2 N–H and O–H groups in total. The number of halogens is 2. The van der Waals surface area contributed by atoms with Gasteiger partial charge in [-0.2, -0.15) is 14.3 Å². The minimum atomic E-state index is -0.449. The Morgan fingerprint density at radius 1 is 1.11 bits per heavy atom. The minimum Gasteiger partial charge on any atom is -0.368 e. The summed E-state index contributed by atoms with van der Waals surface area (Å²) >= 11 is 6.42. The van der Waals surface area contributed by atoms with Gasteiger partial charge in [-0.25, -0.2) is 14.2 Å². The maximum Gasteiger partial charge on any atom is 0.368 e. The number of nitrogens with one attached hydrogen (secondary N) is 2. The Bertz CT molecular complexity index is 1350. The van der Waals surface area contributed by atoms with Crippen LogP contribution in [0.4, 0.5) is 21.8 Å². The topological polar surface area (TPSA) is 106 Å². The van der Waals surface area contributed by atoms with Gasteiger partial charge in [-0.3, -0.25) is 0 Å². The first-order chi connectivity index (χ1) is 18.0. The number of hydrogen-bond acceptors (Lipinski definition) is 8. The highest BCUT2D eigenvalue weighted by Crippen LogP contribution is 2.44. The predicted molar refractivity (Wildman–Crippen MR) is 139 cm³/mol. The second-order valence-corrected chi connectivity index (χ2v) is 10.8. The van der Waals surface area contributed by atoms with Crippen molar-refractivity contribution in [2.24, 2.45) is 13.0 Å². The van der Waals surface area contributed by atoms with Crippen LogP contribution in [0.25, 0.3) is 5.69 Å². The summed E-state index contributed by atoms with van der Waals surface area (Å²) in [5.74, 6) is 1.03. The molecular weight excluding hydrogens is 497 g/mol. The van der Waals surface area contributed by atoms with Gasteiger partial charge in [0, 0.05) is 19.6 Å². The number of rotatable bonds is 7. The van der Waals surface area contributed by atoms with Crippen LogP contribution in [0.1, 0.15) is 56.4 Å². The van der Waals surface area contributed by atoms with Crippen LogP contribution in [0.3, 0.4) is 0 Å². The van der Waals surface area contributed by atoms with Gasteiger partial charge >= 0.3 is 5.69 Å². The summed E-state index contributed by atoms with van der Waals surface area (Å²) < 4.78 is 17.5. The molecule has 4 heterocycles. The first-order valence-corrected chi connectivity index (χ1v) is 13.5. The lowest BCUT2D eigenvalue weighted by molar-refractivity contribution is 0.0649. The smallest absolute Gasteiger partial charge is 0.368 e. The number of aryl methyl sites for hydroxylation is 1. The summed E-state index contributed by atoms with van der Waals surface area (Å²) in [5, 5.41) is 14.6. The molecule has 0 amide bonds. The largest absolute Gasteiger partial charge is 0.368 e. The first kappa shape index (κ1) is 24.3. The van der Waals surface area contributed by atoms with Crippen molar-refractivity contribution in [3.05, 3.63) is 45.2 Å². The molecule has 2 aliphatic heterocycles. The Balaban J connectivity index is 1.23. The zero-order valence-corrected chi connectivity index (χ0v) is 21.6. The number of benzene rings is 1. The Morgan fingerprint density at radius 2 is 1.95 bits per heavy atom. The Hall–Kier alpha value is -3.05. The molecular formula is C25H31ClFN9O. The molecule has 2 unspecified atom stereocenters. The standard InChI is InChI=1S/C25H31ClFN9O/c1-34-25(37)36(33-32-34)22-12-20(19(27)11-17(22)15-7-8-15)30-24-29-14-18(26)23(31-24)28-13-16-5-4-10-35-9-3-2-6-21(16)35/h11-12,14-16,21H,2-10,13H2,1H3,(H2,28,29,30,31). The molecule has 0 radical (unpaired) electrons. The number of piperidine rings is 2. The van der Waals surface area contributed by atoms with E-state index in [1.54, 1.807) is 6.07 Å². The Labute approximate surface area is 219 Å². The van der Waals surface area contributed by atoms with Gasteiger partial charge in [-0.1, -0.05) is 18.0 Å². The molecule has 12 heteroatoms. The highest BCUT2D eigenvalue weighted by molar-refractivity contribution is 6.32. The first-order valence-electron chi connectivity index (χ1n) is 13.1. The Kier molecular flexibility index (Phi) is 6.58. The number of fused-ring (bicyclic) bond motifs is 1. The van der Waals surface area contributed by atoms with E-state index in [-0.39, 0.29) is 17.6 Å². The van der Waals surface area contributed by atoms with Crippen molar-refractivity contribution >= 4 is 29.1 Å². The molecule has 1 saturated carbocycles. The van der Waals surface area contributed by atoms with Crippen molar-refractivity contribution in [1.29, 1.82) is 0 Å². The van der Waals surface area contributed by atoms with E-state index < -0.39 is 11.5 Å². The summed E-state index contributed by atoms with van der Waals surface area (Å²) in [6.07, 6.45) is 9.61. The highest BCUT2D eigenvalue weighted by atomic mass is 35.5. The molecule has 2 aromatic heterocycles. The maximum absolute atomic E-state index is 15.2. The average Bonchev–Trinajstić information content (AvgIpc) is 3.70. The summed E-state index contributed by atoms with van der Waals surface area (Å²) in [4.78, 5) is 24.0. The average molecular weight is 528 g/mol. The van der Waals surface area contributed by atoms with E-state index in [0.29, 0.717) is 28.5 Å². The molecule has 1 aromatic carbocycles. The maximum atomic E-state index is 15.2. The number of hydrogen-bond donors (Lipinski definition) is 2. The van der Waals surface area contributed by atoms with E-state index in [4.69, 9.17) is 11.6 Å². The summed E-state index contributed by atoms with van der Waals surface area (Å²) in [6.45, 7) is 3.16. The molecule has 3 aromatic rings. The molecule has 10 nitrogen and oxygen atoms in total. The van der Waals surface area contributed by atoms with Gasteiger partial charge in [-0.05, 0) is 91.6 Å². The molecule has 3 fully saturated rings. The van der Waals surface area contributed by atoms with Crippen molar-refractivity contribution < 1.29 is 4.39 Å². The van der Waals surface area contributed by atoms with Crippen molar-refractivity contribution in [3.63, 3.8) is 0 Å². The normalized spacial score (nSPS) is 22.0. The number of anilines is 3. The van der Waals surface area contributed by atoms with Crippen LogP contribution in [-0.4, -0.2) is 60.3 Å². The van der Waals surface area contributed by atoms with Gasteiger partial charge in [0.2, 0.25) is 5.95 Å². The zero-order valence-electron chi connectivity index (χ0n) is 20.8. The highest BCUT2D eigenvalue weighted by Gasteiger charge is 2.33. The van der Waals surface area contributed by atoms with Gasteiger partial charge in [0.1, 0.15) is 10.8 Å². The van der Waals surface area contributed by atoms with Crippen LogP contribution < -0.4 is 16.3 Å². The van der Waals surface area contributed by atoms with Gasteiger partial charge in [0.15, 0.2) is 5.82 Å². The lowest BCUT2D eigenvalue weighted by Gasteiger charge is -2.44. The molecule has 2 atom stereocenters. The number of tetrazole rings is 1. The fourth-order valence-corrected chi connectivity index (χ4v) is 5.92. The van der Waals surface area contributed by atoms with Crippen LogP contribution in [0.15, 0.2) is 23.1 Å². The minimum absolute atomic E-state index is 0.148. The van der Waals surface area contributed by atoms with E-state index in [0.717, 1.165) is 29.6 Å². The van der Waals surface area contributed by atoms with Crippen LogP contribution in [0, 0.1) is 11.7 Å². The van der Waals surface area contributed by atoms with Crippen LogP contribution >= 0.6 is 11.6 Å². The second kappa shape index (κ2) is 10.0. The summed E-state index contributed by atoms with van der Waals surface area (Å²) in [5.41, 5.74) is 1.00. The molecule has 196 valence electrons. The predicted octanol–water partition coefficient (Wildman–Crippen LogP) is 3.85. The van der Waals surface area contributed by atoms with Crippen molar-refractivity contribution in [2.75, 3.05) is 30.3 Å². The fourth-order valence-electron chi connectivity index (χ4n) is 5.76. The summed E-state index contributed by atoms with van der Waals surface area (Å²) in [7, 11) is 1.53. The third kappa shape index (κ3) is 4.94. The van der Waals surface area contributed by atoms with E-state index in [1.165, 1.54) is 69.2 Å². The fraction of sp³-hybridized carbons (Fsp3) is 0.560. The third-order valence-electron chi connectivity index (χ3n) is 7.83. The van der Waals surface area contributed by atoms with Crippen LogP contribution in [0.5, 0.6) is 0 Å². The van der Waals surface area contributed by atoms with Crippen molar-refractivity contribution in [2.45, 2.75) is 56.9 Å². The lowest BCUT2D eigenvalue weighted by atomic mass is 9.83. The van der Waals surface area contributed by atoms with Crippen LogP contribution in [0.2, 0.25) is 5.02 Å². The SMILES string of the molecule is Cn1nnn(-c2cc(Nc3ncc(Cl)c(NCC4CCCN5CCCCC45)n3)c(F)cc2C2CC2)c1=O. The van der Waals surface area contributed by atoms with E-state index in [9.17, 15) is 4.79 Å². The zero-order chi connectivity index (χ0) is 25.5. The van der Waals surface area contributed by atoms with Gasteiger partial charge in [-0.15, -0.1) is 0 Å². The second-order valence-electron chi connectivity index (χ2n) is 10.4. The monoisotopic (exact) mass is 527 g/mol. The van der Waals surface area contributed by atoms with Crippen LogP contribution in [-0.2, 0) is 7.05 Å². The summed E-state index contributed by atoms with van der Waals surface area (Å²) in [6, 6.07) is 3.64. The molecule has 0 bridgehead atoms. The third-order valence-corrected chi connectivity index (χ3v) is 8.11. The quantitative estimate of drug-likeness (QED) is 0.477. The van der Waals surface area contributed by atoms with E-state index in [2.05, 4.69) is 35.9 Å². The van der Waals surface area contributed by atoms with E-state index in [1.807, 2.05) is 0 Å². The number of nitrogens with zero attached hydrogens (tertiary/aromatic N) is 7. The molecule has 6 rings (SSSR count). The van der Waals surface area contributed by atoms with Gasteiger partial charge in [0.25, 0.3) is 0 Å². The number of aromatic nitrogens is 6. The van der Waals surface area contributed by atoms with Crippen molar-refractivity contribution in [3.8, 4) is 5.69 Å². The van der Waals surface area contributed by atoms with E-state index >= 15 is 4.39 Å². The van der Waals surface area contributed by atoms with Gasteiger partial charge in [0.05, 0.1) is 17.6 Å². The van der Waals surface area contributed by atoms with Crippen molar-refractivity contribution in [1.82, 2.24) is 34.7 Å². The molecule has 37 heavy (non-hydrogen) atoms. The molecule has 0 spiro atoms. The molecule has 1 aliphatic carbocycles. The lowest BCUT2D eigenvalue weighted by Crippen LogP contribution is -2.49. The molecule has 2 saturated heterocycles. The van der Waals surface area contributed by atoms with Gasteiger partial charge < -0.3 is 15.5 Å². The molecule has 3 aliphatic rings. The Morgan fingerprint density at radius 3 is 2.73 bits per heavy atom.